The molecule has 10 N–H and O–H groups in total. The minimum absolute atomic E-state index is 0. The Morgan fingerprint density at radius 1 is 0.573 bits per heavy atom. The van der Waals surface area contributed by atoms with Crippen LogP contribution in [-0.2, 0) is 19.3 Å². The third-order valence-corrected chi connectivity index (χ3v) is 19.8. The van der Waals surface area contributed by atoms with Crippen LogP contribution in [0.4, 0.5) is 63.3 Å². The summed E-state index contributed by atoms with van der Waals surface area (Å²) in [7, 11) is -0.435. The molecule has 13 aromatic rings. The topological polar surface area (TPSA) is 457 Å². The number of amides is 3. The first-order chi connectivity index (χ1) is 57.9. The number of nitrogens with zero attached hydrogens (tertiary/aromatic N) is 15. The van der Waals surface area contributed by atoms with Gasteiger partial charge in [-0.05, 0) is 196 Å². The molecule has 1 aromatic carbocycles. The second-order valence-corrected chi connectivity index (χ2v) is 32.3. The summed E-state index contributed by atoms with van der Waals surface area (Å²) < 4.78 is 130. The molecule has 4 atom stereocenters. The molecule has 0 bridgehead atoms. The maximum Gasteiger partial charge on any atom is 0.415 e. The number of ether oxygens (including phenoxy) is 2. The van der Waals surface area contributed by atoms with Gasteiger partial charge in [0.1, 0.15) is 56.6 Å². The highest BCUT2D eigenvalue weighted by Gasteiger charge is 2.48. The van der Waals surface area contributed by atoms with Gasteiger partial charge in [-0.1, -0.05) is 40.9 Å². The van der Waals surface area contributed by atoms with Crippen molar-refractivity contribution in [3.8, 4) is 17.5 Å². The number of nitrogens with one attached hydrogen (secondary N) is 2. The Bertz CT molecular complexity index is 6110. The lowest BCUT2D eigenvalue weighted by molar-refractivity contribution is 0.0577. The molecule has 2 aliphatic rings. The summed E-state index contributed by atoms with van der Waals surface area (Å²) in [6.07, 6.45) is 10.8. The molecule has 0 saturated heterocycles. The molecule has 0 radical (unpaired) electrons. The third-order valence-electron chi connectivity index (χ3n) is 16.0. The smallest absolute Gasteiger partial charge is 0.415 e. The number of carbonyl (C=O) groups excluding carboxylic acids is 3. The second-order valence-electron chi connectivity index (χ2n) is 27.7. The number of carbonyl (C=O) groups is 4. The van der Waals surface area contributed by atoms with Crippen LogP contribution >= 0.6 is 55.1 Å². The van der Waals surface area contributed by atoms with E-state index in [0.717, 1.165) is 31.5 Å². The Morgan fingerprint density at radius 2 is 0.968 bits per heavy atom. The van der Waals surface area contributed by atoms with Crippen LogP contribution in [0, 0.1) is 36.1 Å². The lowest BCUT2D eigenvalue weighted by Gasteiger charge is -2.24. The predicted molar refractivity (Wildman–Crippen MR) is 454 cm³/mol. The number of aromatic nitrogens is 14. The molecule has 2 saturated carbocycles. The molecule has 654 valence electrons. The fourth-order valence-corrected chi connectivity index (χ4v) is 12.5. The van der Waals surface area contributed by atoms with Crippen LogP contribution in [-0.4, -0.2) is 154 Å². The Balaban J connectivity index is 0.000000199. The number of rotatable bonds is 10. The first-order valence-electron chi connectivity index (χ1n) is 35.8. The predicted octanol–water partition coefficient (Wildman–Crippen LogP) is 13.6. The lowest BCUT2D eigenvalue weighted by Crippen LogP contribution is -2.35. The van der Waals surface area contributed by atoms with Crippen molar-refractivity contribution >= 4 is 123 Å². The number of hydrogen-bond acceptors (Lipinski definition) is 23. The minimum Gasteiger partial charge on any atom is -0.477 e. The SMILES string of the molecule is CN(C(=O)OC(C)(C)C)c1cc(Cl)nc2c(C(=O)N[C@@H]3C[C@@H]3F)cnn12.CN(C(=O)OC(C)(C)C)c1cc(Cl)nc2c(C(=O)O)cnn12.Cc1ccc(S(=O)(=O)[C@@H]2C[C@@H]2F)cc1.Fc1cccnc1F.N.Nc1cccn(-c2ncccc2F)c1=O.Nc1cccn(-c2ncccc2F)c1=O.O=c1[nH]cccc1Br.O=c1c(Br)cccn1-c1ncccc1F. The first kappa shape index (κ1) is 98.0. The standard InChI is InChI=1S/C16H19ClFN5O3.C13H15ClN4O4.C10H6BrFN2O.2C10H8FN3O.C10H11FO2S.C5H4BrNO.C5H3F2N.H3N/c1-16(2,3)26-15(25)22(4)12-6-11(17)21-13-8(7-19-23(12)13)14(24)20-10-5-9(10)18;1-13(2,3)22-12(21)17(4)9-5-8(14)16-10-7(11(19)20)6-15-18(9)10;11-7-3-2-6-14(10(7)15)9-8(12)4-1-5-13-9;2*11-7-3-1-5-13-9(7)14-6-2-4-8(12)10(14)15;1-7-2-4-8(5-3-7)14(12,13)10-6-9(10)11;6-4-2-1-3-7-5(4)8;6-4-2-1-3-8-5(4)7;/h6-7,9-10H,5H2,1-4H3,(H,20,24);5-6H,1-4H3,(H,19,20);1-6H;2*1-6H,12H2;2-5,9-10H,6H2,1H3;1-3H,(H,7,8);1-3H;1H3/t9-,10+;;;;;9-,10+;;;/m0....0.../s1. The van der Waals surface area contributed by atoms with Crippen molar-refractivity contribution in [1.29, 1.82) is 0 Å². The molecule has 45 heteroatoms. The molecule has 2 fully saturated rings. The van der Waals surface area contributed by atoms with E-state index in [0.29, 0.717) is 15.4 Å². The first-order valence-corrected chi connectivity index (χ1v) is 39.7. The molecular weight excluding hydrogens is 1830 g/mol. The van der Waals surface area contributed by atoms with Gasteiger partial charge in [-0.2, -0.15) is 23.6 Å². The molecule has 3 amide bonds. The average Bonchev–Trinajstić information content (AvgIpc) is 1.63. The summed E-state index contributed by atoms with van der Waals surface area (Å²) in [5.41, 5.74) is 9.48. The van der Waals surface area contributed by atoms with E-state index in [2.05, 4.69) is 82.3 Å². The second kappa shape index (κ2) is 43.1. The number of hydrogen-bond donors (Lipinski definition) is 6. The van der Waals surface area contributed by atoms with E-state index in [4.69, 9.17) is 49.2 Å². The van der Waals surface area contributed by atoms with Crippen molar-refractivity contribution in [1.82, 2.24) is 79.3 Å². The summed E-state index contributed by atoms with van der Waals surface area (Å²) >= 11 is 18.1. The van der Waals surface area contributed by atoms with Gasteiger partial charge in [0.15, 0.2) is 61.9 Å². The van der Waals surface area contributed by atoms with Gasteiger partial charge in [-0.15, -0.1) is 0 Å². The van der Waals surface area contributed by atoms with E-state index in [-0.39, 0.29) is 102 Å². The third kappa shape index (κ3) is 26.7. The number of carboxylic acids is 1. The number of aromatic amines is 1. The number of pyridine rings is 8. The number of sulfone groups is 1. The fraction of sp³-hybridized carbons (Fsp3) is 0.215. The highest BCUT2D eigenvalue weighted by Crippen LogP contribution is 2.37. The van der Waals surface area contributed by atoms with E-state index in [1.807, 2.05) is 6.92 Å². The largest absolute Gasteiger partial charge is 0.477 e. The quantitative estimate of drug-likeness (QED) is 0.0421. The molecule has 15 rings (SSSR count). The van der Waals surface area contributed by atoms with Gasteiger partial charge in [0.05, 0.1) is 48.9 Å². The Morgan fingerprint density at radius 3 is 1.33 bits per heavy atom. The maximum atomic E-state index is 13.3. The number of carboxylic acid groups (broad SMARTS) is 1. The lowest BCUT2D eigenvalue weighted by atomic mass is 10.2. The van der Waals surface area contributed by atoms with Crippen LogP contribution in [0.2, 0.25) is 10.3 Å². The molecule has 0 unspecified atom stereocenters. The van der Waals surface area contributed by atoms with Crippen molar-refractivity contribution in [3.05, 3.63) is 302 Å². The normalized spacial score (nSPS) is 13.9. The summed E-state index contributed by atoms with van der Waals surface area (Å²) in [6, 6.07) is 32.1. The highest BCUT2D eigenvalue weighted by atomic mass is 79.9. The molecular formula is C79H77Br2Cl2F7N20O13S. The Labute approximate surface area is 726 Å². The van der Waals surface area contributed by atoms with E-state index in [1.54, 1.807) is 96.3 Å². The summed E-state index contributed by atoms with van der Waals surface area (Å²) in [5.74, 6) is -4.86. The van der Waals surface area contributed by atoms with Crippen LogP contribution in [0.1, 0.15) is 80.7 Å². The number of aromatic carboxylic acids is 1. The van der Waals surface area contributed by atoms with Crippen LogP contribution < -0.4 is 55.0 Å². The Kier molecular flexibility index (Phi) is 34.1. The molecule has 2 aliphatic carbocycles. The zero-order chi connectivity index (χ0) is 90.7. The maximum absolute atomic E-state index is 13.3. The Hall–Kier alpha value is -13.1. The van der Waals surface area contributed by atoms with Crippen LogP contribution in [0.15, 0.2) is 228 Å². The number of halogens is 11. The van der Waals surface area contributed by atoms with Gasteiger partial charge in [-0.3, -0.25) is 47.5 Å². The number of alkyl halides is 2. The van der Waals surface area contributed by atoms with E-state index >= 15 is 0 Å². The molecule has 0 aliphatic heterocycles. The number of fused-ring (bicyclic) bond motifs is 2. The van der Waals surface area contributed by atoms with Gasteiger partial charge in [0.25, 0.3) is 28.1 Å². The van der Waals surface area contributed by atoms with Crippen molar-refractivity contribution in [3.63, 3.8) is 0 Å². The zero-order valence-electron chi connectivity index (χ0n) is 66.7. The molecule has 33 nitrogen and oxygen atoms in total. The van der Waals surface area contributed by atoms with Crippen LogP contribution in [0.25, 0.3) is 28.7 Å². The van der Waals surface area contributed by atoms with Crippen molar-refractivity contribution in [2.75, 3.05) is 35.4 Å². The number of benzene rings is 1. The van der Waals surface area contributed by atoms with E-state index in [9.17, 15) is 77.5 Å². The van der Waals surface area contributed by atoms with Gasteiger partial charge in [-0.25, -0.2) is 79.0 Å². The molecule has 12 aromatic heterocycles. The fourth-order valence-electron chi connectivity index (χ4n) is 9.82. The average molecular weight is 1910 g/mol. The summed E-state index contributed by atoms with van der Waals surface area (Å²) in [5, 5.41) is 19.1. The van der Waals surface area contributed by atoms with Crippen LogP contribution in [0.3, 0.4) is 0 Å². The molecule has 12 heterocycles. The monoisotopic (exact) mass is 1910 g/mol. The van der Waals surface area contributed by atoms with Crippen LogP contribution in [0.5, 0.6) is 0 Å². The van der Waals surface area contributed by atoms with Crippen molar-refractivity contribution < 1.29 is 72.9 Å². The van der Waals surface area contributed by atoms with E-state index < -0.39 is 109 Å². The zero-order valence-corrected chi connectivity index (χ0v) is 72.2. The molecule has 0 spiro atoms. The van der Waals surface area contributed by atoms with Gasteiger partial charge in [0.2, 0.25) is 5.95 Å². The van der Waals surface area contributed by atoms with Crippen molar-refractivity contribution in [2.24, 2.45) is 0 Å². The van der Waals surface area contributed by atoms with Gasteiger partial charge >= 0.3 is 18.2 Å². The molecule has 124 heavy (non-hydrogen) atoms. The number of H-pyrrole nitrogens is 1. The van der Waals surface area contributed by atoms with E-state index in [1.165, 1.54) is 161 Å². The highest BCUT2D eigenvalue weighted by molar-refractivity contribution is 9.10. The summed E-state index contributed by atoms with van der Waals surface area (Å²) in [6.45, 7) is 12.4. The van der Waals surface area contributed by atoms with Gasteiger partial charge in [0, 0.05) is 82.2 Å². The number of aryl methyl sites for hydroxylation is 1. The number of nitrogens with two attached hydrogens (primary N) is 2. The minimum atomic E-state index is -3.41. The van der Waals surface area contributed by atoms with Crippen molar-refractivity contribution in [2.45, 2.75) is 101 Å². The number of anilines is 4. The number of nitrogen functional groups attached to an aromatic ring is 2. The summed E-state index contributed by atoms with van der Waals surface area (Å²) in [4.78, 5) is 121. The van der Waals surface area contributed by atoms with Gasteiger partial charge < -0.3 is 42.5 Å².